The highest BCUT2D eigenvalue weighted by Gasteiger charge is 2.28. The van der Waals surface area contributed by atoms with Crippen LogP contribution in [0.25, 0.3) is 0 Å². The zero-order valence-corrected chi connectivity index (χ0v) is 10.9. The first-order valence-electron chi connectivity index (χ1n) is 6.64. The first-order valence-corrected chi connectivity index (χ1v) is 6.64. The van der Waals surface area contributed by atoms with E-state index in [2.05, 4.69) is 19.2 Å². The maximum Gasteiger partial charge on any atom is 0.251 e. The van der Waals surface area contributed by atoms with Gasteiger partial charge in [-0.1, -0.05) is 32.8 Å². The molecule has 0 unspecified atom stereocenters. The molecule has 1 aromatic rings. The highest BCUT2D eigenvalue weighted by Crippen LogP contribution is 2.29. The SMILES string of the molecule is C[C@H]1[C@H](C)CCC[C@H]1NC(=O)c1cccc(F)c1. The predicted molar refractivity (Wildman–Crippen MR) is 69.8 cm³/mol. The fraction of sp³-hybridized carbons (Fsp3) is 0.533. The van der Waals surface area contributed by atoms with Crippen LogP contribution in [0.15, 0.2) is 24.3 Å². The van der Waals surface area contributed by atoms with Crippen LogP contribution >= 0.6 is 0 Å². The molecule has 1 aliphatic carbocycles. The third kappa shape index (κ3) is 2.89. The Labute approximate surface area is 108 Å². The van der Waals surface area contributed by atoms with E-state index in [1.54, 1.807) is 12.1 Å². The zero-order chi connectivity index (χ0) is 13.1. The molecule has 1 fully saturated rings. The van der Waals surface area contributed by atoms with Crippen molar-refractivity contribution in [1.29, 1.82) is 0 Å². The minimum atomic E-state index is -0.368. The summed E-state index contributed by atoms with van der Waals surface area (Å²) in [6.45, 7) is 4.41. The van der Waals surface area contributed by atoms with Crippen LogP contribution in [0.5, 0.6) is 0 Å². The van der Waals surface area contributed by atoms with Crippen molar-refractivity contribution in [3.63, 3.8) is 0 Å². The van der Waals surface area contributed by atoms with Gasteiger partial charge in [-0.15, -0.1) is 0 Å². The highest BCUT2D eigenvalue weighted by molar-refractivity contribution is 5.94. The van der Waals surface area contributed by atoms with E-state index in [0.29, 0.717) is 17.4 Å². The van der Waals surface area contributed by atoms with Gasteiger partial charge in [-0.05, 0) is 36.5 Å². The second kappa shape index (κ2) is 5.51. The Kier molecular flexibility index (Phi) is 4.00. The van der Waals surface area contributed by atoms with E-state index in [1.807, 2.05) is 0 Å². The molecule has 1 aliphatic rings. The highest BCUT2D eigenvalue weighted by atomic mass is 19.1. The summed E-state index contributed by atoms with van der Waals surface area (Å²) >= 11 is 0. The van der Waals surface area contributed by atoms with Gasteiger partial charge in [-0.25, -0.2) is 4.39 Å². The topological polar surface area (TPSA) is 29.1 Å². The summed E-state index contributed by atoms with van der Waals surface area (Å²) < 4.78 is 13.1. The molecule has 0 bridgehead atoms. The monoisotopic (exact) mass is 249 g/mol. The third-order valence-electron chi connectivity index (χ3n) is 4.11. The van der Waals surface area contributed by atoms with Crippen molar-refractivity contribution in [3.05, 3.63) is 35.6 Å². The summed E-state index contributed by atoms with van der Waals surface area (Å²) in [4.78, 5) is 12.0. The smallest absolute Gasteiger partial charge is 0.251 e. The lowest BCUT2D eigenvalue weighted by Crippen LogP contribution is -2.43. The first-order chi connectivity index (χ1) is 8.58. The maximum atomic E-state index is 13.1. The predicted octanol–water partition coefficient (Wildman–Crippen LogP) is 3.38. The number of carbonyl (C=O) groups excluding carboxylic acids is 1. The lowest BCUT2D eigenvalue weighted by atomic mass is 9.78. The van der Waals surface area contributed by atoms with E-state index in [1.165, 1.54) is 18.6 Å². The molecule has 0 radical (unpaired) electrons. The average Bonchev–Trinajstić information content (AvgIpc) is 2.35. The third-order valence-corrected chi connectivity index (χ3v) is 4.11. The zero-order valence-electron chi connectivity index (χ0n) is 10.9. The lowest BCUT2D eigenvalue weighted by Gasteiger charge is -2.34. The van der Waals surface area contributed by atoms with E-state index in [9.17, 15) is 9.18 Å². The molecule has 0 aliphatic heterocycles. The van der Waals surface area contributed by atoms with Crippen LogP contribution in [0, 0.1) is 17.7 Å². The van der Waals surface area contributed by atoms with Crippen molar-refractivity contribution in [2.75, 3.05) is 0 Å². The number of halogens is 1. The Morgan fingerprint density at radius 1 is 1.33 bits per heavy atom. The van der Waals surface area contributed by atoms with Crippen molar-refractivity contribution in [1.82, 2.24) is 5.32 Å². The Morgan fingerprint density at radius 3 is 2.83 bits per heavy atom. The summed E-state index contributed by atoms with van der Waals surface area (Å²) in [7, 11) is 0. The largest absolute Gasteiger partial charge is 0.349 e. The second-order valence-electron chi connectivity index (χ2n) is 5.36. The number of carbonyl (C=O) groups is 1. The van der Waals surface area contributed by atoms with Crippen LogP contribution in [-0.2, 0) is 0 Å². The summed E-state index contributed by atoms with van der Waals surface area (Å²) in [5.41, 5.74) is 0.403. The quantitative estimate of drug-likeness (QED) is 0.855. The van der Waals surface area contributed by atoms with Crippen molar-refractivity contribution < 1.29 is 9.18 Å². The Balaban J connectivity index is 2.03. The van der Waals surface area contributed by atoms with E-state index in [4.69, 9.17) is 0 Å². The van der Waals surface area contributed by atoms with Crippen molar-refractivity contribution in [2.24, 2.45) is 11.8 Å². The van der Waals surface area contributed by atoms with Crippen LogP contribution in [0.2, 0.25) is 0 Å². The fourth-order valence-corrected chi connectivity index (χ4v) is 2.67. The second-order valence-corrected chi connectivity index (χ2v) is 5.36. The Bertz CT molecular complexity index is 432. The molecular weight excluding hydrogens is 229 g/mol. The molecule has 1 aromatic carbocycles. The van der Waals surface area contributed by atoms with E-state index < -0.39 is 0 Å². The standard InChI is InChI=1S/C15H20FNO/c1-10-5-3-8-14(11(10)2)17-15(18)12-6-4-7-13(16)9-12/h4,6-7,9-11,14H,3,5,8H2,1-2H3,(H,17,18)/t10-,11+,14-/m1/s1. The molecule has 3 heteroatoms. The van der Waals surface area contributed by atoms with Gasteiger partial charge in [-0.3, -0.25) is 4.79 Å². The van der Waals surface area contributed by atoms with E-state index in [-0.39, 0.29) is 17.8 Å². The molecule has 2 rings (SSSR count). The number of nitrogens with one attached hydrogen (secondary N) is 1. The van der Waals surface area contributed by atoms with Crippen LogP contribution in [0.1, 0.15) is 43.5 Å². The minimum Gasteiger partial charge on any atom is -0.349 e. The molecule has 1 N–H and O–H groups in total. The molecule has 2 nitrogen and oxygen atoms in total. The van der Waals surface area contributed by atoms with Gasteiger partial charge in [0.2, 0.25) is 0 Å². The van der Waals surface area contributed by atoms with Crippen molar-refractivity contribution in [3.8, 4) is 0 Å². The number of benzene rings is 1. The van der Waals surface area contributed by atoms with Gasteiger partial charge in [-0.2, -0.15) is 0 Å². The molecule has 0 spiro atoms. The first kappa shape index (κ1) is 13.1. The Morgan fingerprint density at radius 2 is 2.11 bits per heavy atom. The molecule has 0 saturated heterocycles. The van der Waals surface area contributed by atoms with Crippen LogP contribution in [0.4, 0.5) is 4.39 Å². The normalized spacial score (nSPS) is 27.8. The van der Waals surface area contributed by atoms with Crippen LogP contribution in [0.3, 0.4) is 0 Å². The Hall–Kier alpha value is -1.38. The minimum absolute atomic E-state index is 0.166. The van der Waals surface area contributed by atoms with Crippen LogP contribution < -0.4 is 5.32 Å². The molecule has 1 amide bonds. The number of hydrogen-bond acceptors (Lipinski definition) is 1. The number of hydrogen-bond donors (Lipinski definition) is 1. The lowest BCUT2D eigenvalue weighted by molar-refractivity contribution is 0.0890. The van der Waals surface area contributed by atoms with Crippen LogP contribution in [-0.4, -0.2) is 11.9 Å². The molecule has 98 valence electrons. The summed E-state index contributed by atoms with van der Waals surface area (Å²) in [6.07, 6.45) is 3.40. The maximum absolute atomic E-state index is 13.1. The van der Waals surface area contributed by atoms with Gasteiger partial charge >= 0.3 is 0 Å². The van der Waals surface area contributed by atoms with Gasteiger partial charge in [0, 0.05) is 11.6 Å². The van der Waals surface area contributed by atoms with E-state index >= 15 is 0 Å². The molecule has 3 atom stereocenters. The molecule has 1 saturated carbocycles. The van der Waals surface area contributed by atoms with Gasteiger partial charge in [0.15, 0.2) is 0 Å². The molecule has 0 heterocycles. The van der Waals surface area contributed by atoms with Gasteiger partial charge in [0.25, 0.3) is 5.91 Å². The van der Waals surface area contributed by atoms with Crippen molar-refractivity contribution >= 4 is 5.91 Å². The van der Waals surface area contributed by atoms with Gasteiger partial charge in [0.05, 0.1) is 0 Å². The summed E-state index contributed by atoms with van der Waals surface area (Å²) in [5.74, 6) is 0.584. The van der Waals surface area contributed by atoms with Gasteiger partial charge in [0.1, 0.15) is 5.82 Å². The van der Waals surface area contributed by atoms with Crippen molar-refractivity contribution in [2.45, 2.75) is 39.2 Å². The molecule has 0 aromatic heterocycles. The number of amides is 1. The summed E-state index contributed by atoms with van der Waals surface area (Å²) in [6, 6.07) is 6.06. The van der Waals surface area contributed by atoms with E-state index in [0.717, 1.165) is 12.8 Å². The molecular formula is C15H20FNO. The van der Waals surface area contributed by atoms with Gasteiger partial charge < -0.3 is 5.32 Å². The summed E-state index contributed by atoms with van der Waals surface area (Å²) in [5, 5.41) is 3.04. The fourth-order valence-electron chi connectivity index (χ4n) is 2.67. The number of rotatable bonds is 2. The molecule has 18 heavy (non-hydrogen) atoms. The average molecular weight is 249 g/mol.